The number of hydrogen-bond donors (Lipinski definition) is 0. The van der Waals surface area contributed by atoms with E-state index in [1.807, 2.05) is 0 Å². The van der Waals surface area contributed by atoms with Crippen LogP contribution in [0.15, 0.2) is 0 Å². The molecule has 0 aromatic rings. The zero-order valence-electron chi connectivity index (χ0n) is 18.1. The minimum absolute atomic E-state index is 0.845. The Kier molecular flexibility index (Phi) is 7.84. The first-order valence-corrected chi connectivity index (χ1v) is 11.7. The third kappa shape index (κ3) is 5.69. The molecule has 26 heavy (non-hydrogen) atoms. The fourth-order valence-electron chi connectivity index (χ4n) is 5.52. The van der Waals surface area contributed by atoms with Crippen LogP contribution in [-0.2, 0) is 0 Å². The minimum Gasteiger partial charge on any atom is -0.303 e. The maximum atomic E-state index is 2.84. The molecule has 0 spiro atoms. The summed E-state index contributed by atoms with van der Waals surface area (Å²) in [6.07, 6.45) is 9.88. The first-order valence-electron chi connectivity index (χ1n) is 11.7. The Hall–Kier alpha value is -0.120. The second-order valence-electron chi connectivity index (χ2n) is 10.1. The van der Waals surface area contributed by atoms with Crippen molar-refractivity contribution < 1.29 is 0 Å². The Balaban J connectivity index is 1.34. The molecule has 3 heteroatoms. The molecule has 0 bridgehead atoms. The molecule has 0 aliphatic carbocycles. The molecule has 0 aromatic heterocycles. The van der Waals surface area contributed by atoms with Crippen molar-refractivity contribution in [3.8, 4) is 0 Å². The first kappa shape index (κ1) is 20.6. The molecule has 3 fully saturated rings. The molecule has 3 aliphatic heterocycles. The van der Waals surface area contributed by atoms with Gasteiger partial charge in [0.05, 0.1) is 0 Å². The summed E-state index contributed by atoms with van der Waals surface area (Å²) in [5.41, 5.74) is 0. The molecule has 3 heterocycles. The molecule has 3 aliphatic rings. The molecule has 0 aromatic carbocycles. The summed E-state index contributed by atoms with van der Waals surface area (Å²) in [7, 11) is 0. The van der Waals surface area contributed by atoms with E-state index in [2.05, 4.69) is 42.4 Å². The molecule has 152 valence electrons. The summed E-state index contributed by atoms with van der Waals surface area (Å²) in [4.78, 5) is 8.39. The predicted octanol–water partition coefficient (Wildman–Crippen LogP) is 4.33. The Bertz CT molecular complexity index is 384. The summed E-state index contributed by atoms with van der Waals surface area (Å²) >= 11 is 0. The highest BCUT2D eigenvalue weighted by molar-refractivity contribution is 4.88. The van der Waals surface area contributed by atoms with Crippen LogP contribution in [0.3, 0.4) is 0 Å². The third-order valence-electron chi connectivity index (χ3n) is 7.63. The van der Waals surface area contributed by atoms with Crippen molar-refractivity contribution in [3.63, 3.8) is 0 Å². The van der Waals surface area contributed by atoms with Crippen LogP contribution in [0.2, 0.25) is 0 Å². The molecular formula is C23H45N3. The van der Waals surface area contributed by atoms with E-state index in [9.17, 15) is 0 Å². The molecule has 3 saturated heterocycles. The lowest BCUT2D eigenvalue weighted by Crippen LogP contribution is -2.52. The van der Waals surface area contributed by atoms with E-state index < -0.39 is 0 Å². The summed E-state index contributed by atoms with van der Waals surface area (Å²) in [6.45, 7) is 18.9. The Morgan fingerprint density at radius 2 is 1.12 bits per heavy atom. The van der Waals surface area contributed by atoms with Crippen LogP contribution >= 0.6 is 0 Å². The van der Waals surface area contributed by atoms with Crippen LogP contribution in [0.25, 0.3) is 0 Å². The summed E-state index contributed by atoms with van der Waals surface area (Å²) in [6, 6.07) is 1.75. The van der Waals surface area contributed by atoms with Crippen molar-refractivity contribution in [1.82, 2.24) is 14.7 Å². The maximum absolute atomic E-state index is 2.84. The van der Waals surface area contributed by atoms with Crippen molar-refractivity contribution >= 4 is 0 Å². The molecule has 3 rings (SSSR count). The van der Waals surface area contributed by atoms with Crippen molar-refractivity contribution in [2.24, 2.45) is 17.8 Å². The molecule has 0 N–H and O–H groups in total. The van der Waals surface area contributed by atoms with E-state index in [-0.39, 0.29) is 0 Å². The Morgan fingerprint density at radius 3 is 1.58 bits per heavy atom. The number of rotatable bonds is 6. The highest BCUT2D eigenvalue weighted by atomic mass is 15.2. The van der Waals surface area contributed by atoms with Gasteiger partial charge in [-0.05, 0) is 109 Å². The monoisotopic (exact) mass is 363 g/mol. The van der Waals surface area contributed by atoms with Crippen LogP contribution in [0.1, 0.15) is 72.6 Å². The van der Waals surface area contributed by atoms with Crippen molar-refractivity contribution in [3.05, 3.63) is 0 Å². The van der Waals surface area contributed by atoms with Gasteiger partial charge in [0, 0.05) is 12.1 Å². The molecular weight excluding hydrogens is 318 g/mol. The van der Waals surface area contributed by atoms with Crippen molar-refractivity contribution in [2.75, 3.05) is 45.8 Å². The van der Waals surface area contributed by atoms with E-state index in [0.29, 0.717) is 0 Å². The fourth-order valence-corrected chi connectivity index (χ4v) is 5.52. The lowest BCUT2D eigenvalue weighted by atomic mass is 9.85. The van der Waals surface area contributed by atoms with Gasteiger partial charge in [-0.3, -0.25) is 0 Å². The molecule has 3 nitrogen and oxygen atoms in total. The lowest BCUT2D eigenvalue weighted by Gasteiger charge is -2.45. The highest BCUT2D eigenvalue weighted by Crippen LogP contribution is 2.29. The van der Waals surface area contributed by atoms with E-state index in [0.717, 1.165) is 29.8 Å². The zero-order valence-corrected chi connectivity index (χ0v) is 18.1. The smallest absolute Gasteiger partial charge is 0.0120 e. The molecule has 0 unspecified atom stereocenters. The van der Waals surface area contributed by atoms with Gasteiger partial charge in [-0.15, -0.1) is 0 Å². The maximum Gasteiger partial charge on any atom is 0.0120 e. The molecule has 0 saturated carbocycles. The standard InChI is InChI=1S/C23H45N3/c1-19(2)5-12-24-13-8-22(9-14-24)26-17-10-23(11-18-26)25-15-6-21(7-16-25)20(3)4/h19-23H,5-18H2,1-4H3. The predicted molar refractivity (Wildman–Crippen MR) is 113 cm³/mol. The van der Waals surface area contributed by atoms with E-state index in [1.165, 1.54) is 90.8 Å². The van der Waals surface area contributed by atoms with E-state index >= 15 is 0 Å². The van der Waals surface area contributed by atoms with Gasteiger partial charge in [0.25, 0.3) is 0 Å². The molecule has 0 radical (unpaired) electrons. The molecule has 0 amide bonds. The zero-order chi connectivity index (χ0) is 18.5. The molecule has 0 atom stereocenters. The van der Waals surface area contributed by atoms with Gasteiger partial charge in [-0.25, -0.2) is 0 Å². The summed E-state index contributed by atoms with van der Waals surface area (Å²) in [5.74, 6) is 2.70. The normalized spacial score (nSPS) is 27.0. The van der Waals surface area contributed by atoms with Gasteiger partial charge in [-0.2, -0.15) is 0 Å². The van der Waals surface area contributed by atoms with Gasteiger partial charge in [0.15, 0.2) is 0 Å². The topological polar surface area (TPSA) is 9.72 Å². The third-order valence-corrected chi connectivity index (χ3v) is 7.63. The second kappa shape index (κ2) is 9.89. The number of hydrogen-bond acceptors (Lipinski definition) is 3. The lowest BCUT2D eigenvalue weighted by molar-refractivity contribution is 0.0379. The van der Waals surface area contributed by atoms with Gasteiger partial charge < -0.3 is 14.7 Å². The quantitative estimate of drug-likeness (QED) is 0.695. The summed E-state index contributed by atoms with van der Waals surface area (Å²) in [5, 5.41) is 0. The fraction of sp³-hybridized carbons (Fsp3) is 1.00. The number of piperidine rings is 3. The Morgan fingerprint density at radius 1 is 0.654 bits per heavy atom. The average Bonchev–Trinajstić information content (AvgIpc) is 2.67. The average molecular weight is 364 g/mol. The number of likely N-dealkylation sites (tertiary alicyclic amines) is 3. The van der Waals surface area contributed by atoms with Crippen LogP contribution in [0, 0.1) is 17.8 Å². The summed E-state index contributed by atoms with van der Waals surface area (Å²) < 4.78 is 0. The SMILES string of the molecule is CC(C)CCN1CCC(N2CCC(N3CCC(C(C)C)CC3)CC2)CC1. The first-order chi connectivity index (χ1) is 12.5. The van der Waals surface area contributed by atoms with Gasteiger partial charge in [0.1, 0.15) is 0 Å². The van der Waals surface area contributed by atoms with Crippen molar-refractivity contribution in [2.45, 2.75) is 84.7 Å². The van der Waals surface area contributed by atoms with Crippen LogP contribution < -0.4 is 0 Å². The Labute approximate surface area is 163 Å². The van der Waals surface area contributed by atoms with Gasteiger partial charge in [-0.1, -0.05) is 27.7 Å². The highest BCUT2D eigenvalue weighted by Gasteiger charge is 2.32. The van der Waals surface area contributed by atoms with Crippen LogP contribution in [-0.4, -0.2) is 72.6 Å². The van der Waals surface area contributed by atoms with Gasteiger partial charge in [0.2, 0.25) is 0 Å². The minimum atomic E-state index is 0.845. The largest absolute Gasteiger partial charge is 0.303 e. The van der Waals surface area contributed by atoms with Crippen LogP contribution in [0.5, 0.6) is 0 Å². The number of nitrogens with zero attached hydrogens (tertiary/aromatic N) is 3. The second-order valence-corrected chi connectivity index (χ2v) is 10.1. The van der Waals surface area contributed by atoms with Crippen LogP contribution in [0.4, 0.5) is 0 Å². The van der Waals surface area contributed by atoms with Gasteiger partial charge >= 0.3 is 0 Å². The van der Waals surface area contributed by atoms with E-state index in [4.69, 9.17) is 0 Å². The van der Waals surface area contributed by atoms with E-state index in [1.54, 1.807) is 0 Å². The van der Waals surface area contributed by atoms with Crippen molar-refractivity contribution in [1.29, 1.82) is 0 Å².